The monoisotopic (exact) mass is 428 g/mol. The van der Waals surface area contributed by atoms with Crippen LogP contribution in [0.1, 0.15) is 48.9 Å². The minimum atomic E-state index is 0.670. The molecule has 0 unspecified atom stereocenters. The second kappa shape index (κ2) is 13.2. The topological polar surface area (TPSA) is 6.48 Å². The molecule has 0 saturated carbocycles. The van der Waals surface area contributed by atoms with Gasteiger partial charge in [-0.3, -0.25) is 9.80 Å². The Kier molecular flexibility index (Phi) is 9.99. The van der Waals surface area contributed by atoms with Crippen LogP contribution in [0.3, 0.4) is 0 Å². The third-order valence-corrected chi connectivity index (χ3v) is 6.36. The highest BCUT2D eigenvalue weighted by atomic mass is 15.2. The molecule has 0 bridgehead atoms. The fourth-order valence-corrected chi connectivity index (χ4v) is 4.52. The molecule has 3 aromatic carbocycles. The highest BCUT2D eigenvalue weighted by Gasteiger charge is 2.24. The van der Waals surface area contributed by atoms with Crippen LogP contribution in [-0.2, 0) is 19.5 Å². The van der Waals surface area contributed by atoms with E-state index >= 15 is 0 Å². The molecule has 0 spiro atoms. The molecule has 0 aliphatic carbocycles. The first-order valence-corrected chi connectivity index (χ1v) is 12.4. The summed E-state index contributed by atoms with van der Waals surface area (Å²) in [5.74, 6) is 0. The number of rotatable bonds is 8. The molecule has 32 heavy (non-hydrogen) atoms. The van der Waals surface area contributed by atoms with E-state index in [9.17, 15) is 0 Å². The first-order valence-electron chi connectivity index (χ1n) is 12.4. The Bertz CT molecular complexity index is 866. The molecule has 1 saturated heterocycles. The van der Waals surface area contributed by atoms with E-state index in [-0.39, 0.29) is 0 Å². The van der Waals surface area contributed by atoms with E-state index in [0.29, 0.717) is 6.04 Å². The molecule has 3 aromatic rings. The Balaban J connectivity index is 0.00000141. The summed E-state index contributed by atoms with van der Waals surface area (Å²) in [5.41, 5.74) is 5.64. The number of benzene rings is 3. The van der Waals surface area contributed by atoms with Crippen molar-refractivity contribution in [3.63, 3.8) is 0 Å². The summed E-state index contributed by atoms with van der Waals surface area (Å²) in [6.45, 7) is 11.8. The SMILES string of the molecule is CC.Cc1ccc(CN2CCC(N(CCc3ccccc3)Cc3ccccc3)CC2)cc1. The van der Waals surface area contributed by atoms with Crippen molar-refractivity contribution in [3.05, 3.63) is 107 Å². The Morgan fingerprint density at radius 3 is 1.88 bits per heavy atom. The Hall–Kier alpha value is -2.42. The molecular weight excluding hydrogens is 388 g/mol. The zero-order valence-corrected chi connectivity index (χ0v) is 20.2. The van der Waals surface area contributed by atoms with Crippen molar-refractivity contribution in [2.24, 2.45) is 0 Å². The summed E-state index contributed by atoms with van der Waals surface area (Å²) in [5, 5.41) is 0. The smallest absolute Gasteiger partial charge is 0.0236 e. The highest BCUT2D eigenvalue weighted by Crippen LogP contribution is 2.21. The minimum Gasteiger partial charge on any atom is -0.299 e. The van der Waals surface area contributed by atoms with Gasteiger partial charge >= 0.3 is 0 Å². The second-order valence-corrected chi connectivity index (χ2v) is 8.68. The molecular formula is C30H40N2. The first-order chi connectivity index (χ1) is 15.8. The van der Waals surface area contributed by atoms with Crippen LogP contribution < -0.4 is 0 Å². The lowest BCUT2D eigenvalue weighted by Crippen LogP contribution is -2.45. The van der Waals surface area contributed by atoms with Gasteiger partial charge in [0.05, 0.1) is 0 Å². The van der Waals surface area contributed by atoms with Crippen molar-refractivity contribution in [2.45, 2.75) is 59.2 Å². The molecule has 0 atom stereocenters. The molecule has 4 rings (SSSR count). The molecule has 1 fully saturated rings. The van der Waals surface area contributed by atoms with Crippen LogP contribution in [0.4, 0.5) is 0 Å². The summed E-state index contributed by atoms with van der Waals surface area (Å²) in [6.07, 6.45) is 3.64. The summed E-state index contributed by atoms with van der Waals surface area (Å²) in [7, 11) is 0. The van der Waals surface area contributed by atoms with Crippen molar-refractivity contribution < 1.29 is 0 Å². The number of piperidine rings is 1. The number of likely N-dealkylation sites (tertiary alicyclic amines) is 1. The molecule has 2 nitrogen and oxygen atoms in total. The van der Waals surface area contributed by atoms with Crippen molar-refractivity contribution in [1.29, 1.82) is 0 Å². The van der Waals surface area contributed by atoms with E-state index in [1.807, 2.05) is 13.8 Å². The lowest BCUT2D eigenvalue weighted by Gasteiger charge is -2.39. The van der Waals surface area contributed by atoms with Crippen LogP contribution in [0.15, 0.2) is 84.9 Å². The fourth-order valence-electron chi connectivity index (χ4n) is 4.52. The normalized spacial score (nSPS) is 14.8. The summed E-state index contributed by atoms with van der Waals surface area (Å²) < 4.78 is 0. The Morgan fingerprint density at radius 2 is 1.28 bits per heavy atom. The van der Waals surface area contributed by atoms with Crippen LogP contribution in [0.2, 0.25) is 0 Å². The van der Waals surface area contributed by atoms with Gasteiger partial charge in [-0.05, 0) is 56.0 Å². The second-order valence-electron chi connectivity index (χ2n) is 8.68. The Morgan fingerprint density at radius 1 is 0.719 bits per heavy atom. The maximum atomic E-state index is 2.73. The molecule has 0 aromatic heterocycles. The quantitative estimate of drug-likeness (QED) is 0.392. The van der Waals surface area contributed by atoms with E-state index in [1.165, 1.54) is 48.2 Å². The molecule has 1 aliphatic heterocycles. The van der Waals surface area contributed by atoms with Gasteiger partial charge in [0.25, 0.3) is 0 Å². The highest BCUT2D eigenvalue weighted by molar-refractivity contribution is 5.21. The minimum absolute atomic E-state index is 0.670. The standard InChI is InChI=1S/C28H34N2.C2H6/c1-24-12-14-27(15-13-24)22-29-19-17-28(18-20-29)30(23-26-10-6-3-7-11-26)21-16-25-8-4-2-5-9-25;1-2/h2-15,28H,16-23H2,1H3;1-2H3. The van der Waals surface area contributed by atoms with E-state index in [4.69, 9.17) is 0 Å². The fraction of sp³-hybridized carbons (Fsp3) is 0.400. The lowest BCUT2D eigenvalue weighted by molar-refractivity contribution is 0.0997. The van der Waals surface area contributed by atoms with Gasteiger partial charge in [0.2, 0.25) is 0 Å². The van der Waals surface area contributed by atoms with Gasteiger partial charge in [0, 0.05) is 25.7 Å². The van der Waals surface area contributed by atoms with Gasteiger partial charge in [-0.15, -0.1) is 0 Å². The molecule has 1 heterocycles. The van der Waals surface area contributed by atoms with Crippen LogP contribution in [-0.4, -0.2) is 35.5 Å². The van der Waals surface area contributed by atoms with Crippen molar-refractivity contribution in [2.75, 3.05) is 19.6 Å². The van der Waals surface area contributed by atoms with Gasteiger partial charge in [0.15, 0.2) is 0 Å². The van der Waals surface area contributed by atoms with Crippen LogP contribution >= 0.6 is 0 Å². The van der Waals surface area contributed by atoms with E-state index in [2.05, 4.69) is 102 Å². The third kappa shape index (κ3) is 7.62. The van der Waals surface area contributed by atoms with Crippen LogP contribution in [0.25, 0.3) is 0 Å². The van der Waals surface area contributed by atoms with Crippen molar-refractivity contribution >= 4 is 0 Å². The van der Waals surface area contributed by atoms with Gasteiger partial charge in [-0.1, -0.05) is 104 Å². The van der Waals surface area contributed by atoms with E-state index < -0.39 is 0 Å². The average molecular weight is 429 g/mol. The van der Waals surface area contributed by atoms with Gasteiger partial charge in [0.1, 0.15) is 0 Å². The molecule has 2 heteroatoms. The van der Waals surface area contributed by atoms with Gasteiger partial charge < -0.3 is 0 Å². The predicted octanol–water partition coefficient (Wildman–Crippen LogP) is 6.73. The summed E-state index contributed by atoms with van der Waals surface area (Å²) in [4.78, 5) is 5.35. The predicted molar refractivity (Wildman–Crippen MR) is 138 cm³/mol. The summed E-state index contributed by atoms with van der Waals surface area (Å²) in [6, 6.07) is 31.6. The molecule has 1 aliphatic rings. The van der Waals surface area contributed by atoms with Crippen LogP contribution in [0, 0.1) is 6.92 Å². The Labute approximate surface area is 195 Å². The maximum absolute atomic E-state index is 2.73. The first kappa shape index (κ1) is 24.2. The number of hydrogen-bond donors (Lipinski definition) is 0. The van der Waals surface area contributed by atoms with Crippen LogP contribution in [0.5, 0.6) is 0 Å². The summed E-state index contributed by atoms with van der Waals surface area (Å²) >= 11 is 0. The van der Waals surface area contributed by atoms with Gasteiger partial charge in [-0.25, -0.2) is 0 Å². The zero-order chi connectivity index (χ0) is 22.6. The number of hydrogen-bond acceptors (Lipinski definition) is 2. The lowest BCUT2D eigenvalue weighted by atomic mass is 10.0. The maximum Gasteiger partial charge on any atom is 0.0236 e. The molecule has 0 amide bonds. The largest absolute Gasteiger partial charge is 0.299 e. The van der Waals surface area contributed by atoms with Gasteiger partial charge in [-0.2, -0.15) is 0 Å². The molecule has 0 radical (unpaired) electrons. The van der Waals surface area contributed by atoms with E-state index in [0.717, 1.165) is 26.1 Å². The zero-order valence-electron chi connectivity index (χ0n) is 20.2. The molecule has 170 valence electrons. The van der Waals surface area contributed by atoms with Crippen molar-refractivity contribution in [1.82, 2.24) is 9.80 Å². The van der Waals surface area contributed by atoms with Crippen molar-refractivity contribution in [3.8, 4) is 0 Å². The number of nitrogens with zero attached hydrogens (tertiary/aromatic N) is 2. The average Bonchev–Trinajstić information content (AvgIpc) is 2.86. The van der Waals surface area contributed by atoms with E-state index in [1.54, 1.807) is 0 Å². The molecule has 0 N–H and O–H groups in total. The number of aryl methyl sites for hydroxylation is 1. The third-order valence-electron chi connectivity index (χ3n) is 6.36.